The van der Waals surface area contributed by atoms with Gasteiger partial charge in [-0.15, -0.1) is 0 Å². The van der Waals surface area contributed by atoms with E-state index in [1.165, 1.54) is 6.08 Å². The van der Waals surface area contributed by atoms with Crippen LogP contribution in [0.4, 0.5) is 0 Å². The number of ether oxygens (including phenoxy) is 1. The highest BCUT2D eigenvalue weighted by Gasteiger charge is 2.19. The van der Waals surface area contributed by atoms with Crippen molar-refractivity contribution in [1.82, 2.24) is 5.32 Å². The number of carboxylic acids is 1. The molecule has 0 aromatic heterocycles. The first-order valence-electron chi connectivity index (χ1n) is 9.62. The van der Waals surface area contributed by atoms with Crippen molar-refractivity contribution in [1.29, 1.82) is 0 Å². The Morgan fingerprint density at radius 1 is 0.900 bits per heavy atom. The standard InChI is InChI=1S/C25H23NO4/c27-24(26-23(25(28)29)17-19-8-3-1-4-9-19)15-14-20-12-7-13-22(16-20)30-18-21-10-5-2-6-11-21/h1-16,23H,17-18H2,(H,26,27)(H,28,29)/b15-14+. The van der Waals surface area contributed by atoms with Crippen LogP contribution in [0.3, 0.4) is 0 Å². The summed E-state index contributed by atoms with van der Waals surface area (Å²) in [7, 11) is 0. The van der Waals surface area contributed by atoms with E-state index in [4.69, 9.17) is 4.74 Å². The van der Waals surface area contributed by atoms with E-state index < -0.39 is 17.9 Å². The van der Waals surface area contributed by atoms with E-state index in [1.54, 1.807) is 6.08 Å². The largest absolute Gasteiger partial charge is 0.489 e. The molecule has 152 valence electrons. The first-order chi connectivity index (χ1) is 14.6. The maximum absolute atomic E-state index is 12.2. The average molecular weight is 401 g/mol. The Bertz CT molecular complexity index is 1000. The molecule has 0 aliphatic rings. The molecule has 0 aliphatic heterocycles. The first-order valence-corrected chi connectivity index (χ1v) is 9.62. The number of rotatable bonds is 9. The molecule has 3 rings (SSSR count). The number of carbonyl (C=O) groups is 2. The van der Waals surface area contributed by atoms with Crippen molar-refractivity contribution >= 4 is 18.0 Å². The first kappa shape index (κ1) is 20.9. The van der Waals surface area contributed by atoms with Crippen LogP contribution in [-0.4, -0.2) is 23.0 Å². The van der Waals surface area contributed by atoms with Crippen LogP contribution in [0.25, 0.3) is 6.08 Å². The van der Waals surface area contributed by atoms with Gasteiger partial charge in [-0.25, -0.2) is 4.79 Å². The van der Waals surface area contributed by atoms with Crippen molar-refractivity contribution in [2.24, 2.45) is 0 Å². The molecule has 0 saturated carbocycles. The second-order valence-electron chi connectivity index (χ2n) is 6.77. The van der Waals surface area contributed by atoms with Gasteiger partial charge in [0, 0.05) is 12.5 Å². The summed E-state index contributed by atoms with van der Waals surface area (Å²) < 4.78 is 5.79. The Morgan fingerprint density at radius 3 is 2.23 bits per heavy atom. The lowest BCUT2D eigenvalue weighted by Crippen LogP contribution is -2.41. The molecule has 0 saturated heterocycles. The lowest BCUT2D eigenvalue weighted by atomic mass is 10.1. The average Bonchev–Trinajstić information content (AvgIpc) is 2.77. The molecular formula is C25H23NO4. The Balaban J connectivity index is 1.57. The minimum absolute atomic E-state index is 0.221. The normalized spacial score (nSPS) is 11.7. The molecular weight excluding hydrogens is 378 g/mol. The summed E-state index contributed by atoms with van der Waals surface area (Å²) in [6.45, 7) is 0.453. The highest BCUT2D eigenvalue weighted by atomic mass is 16.5. The van der Waals surface area contributed by atoms with Gasteiger partial charge in [0.25, 0.3) is 0 Å². The van der Waals surface area contributed by atoms with Crippen LogP contribution in [0.1, 0.15) is 16.7 Å². The summed E-state index contributed by atoms with van der Waals surface area (Å²) in [5, 5.41) is 11.9. The highest BCUT2D eigenvalue weighted by molar-refractivity contribution is 5.94. The number of carbonyl (C=O) groups excluding carboxylic acids is 1. The molecule has 0 aliphatic carbocycles. The monoisotopic (exact) mass is 401 g/mol. The van der Waals surface area contributed by atoms with Crippen molar-refractivity contribution in [2.45, 2.75) is 19.1 Å². The van der Waals surface area contributed by atoms with Crippen LogP contribution in [0.15, 0.2) is 91.0 Å². The van der Waals surface area contributed by atoms with Gasteiger partial charge in [0.05, 0.1) is 0 Å². The molecule has 1 unspecified atom stereocenters. The zero-order valence-corrected chi connectivity index (χ0v) is 16.4. The third-order valence-corrected chi connectivity index (χ3v) is 4.43. The number of amides is 1. The molecule has 1 amide bonds. The fourth-order valence-electron chi connectivity index (χ4n) is 2.89. The van der Waals surface area contributed by atoms with E-state index in [-0.39, 0.29) is 6.42 Å². The maximum Gasteiger partial charge on any atom is 0.326 e. The molecule has 30 heavy (non-hydrogen) atoms. The fraction of sp³-hybridized carbons (Fsp3) is 0.120. The highest BCUT2D eigenvalue weighted by Crippen LogP contribution is 2.16. The minimum Gasteiger partial charge on any atom is -0.489 e. The molecule has 0 radical (unpaired) electrons. The fourth-order valence-corrected chi connectivity index (χ4v) is 2.89. The number of nitrogens with one attached hydrogen (secondary N) is 1. The van der Waals surface area contributed by atoms with Gasteiger partial charge in [-0.05, 0) is 34.9 Å². The molecule has 0 spiro atoms. The van der Waals surface area contributed by atoms with Crippen molar-refractivity contribution in [3.63, 3.8) is 0 Å². The summed E-state index contributed by atoms with van der Waals surface area (Å²) >= 11 is 0. The molecule has 1 atom stereocenters. The zero-order valence-electron chi connectivity index (χ0n) is 16.4. The van der Waals surface area contributed by atoms with E-state index in [0.717, 1.165) is 16.7 Å². The van der Waals surface area contributed by atoms with Crippen molar-refractivity contribution in [3.8, 4) is 5.75 Å². The van der Waals surface area contributed by atoms with Crippen LogP contribution in [-0.2, 0) is 22.6 Å². The van der Waals surface area contributed by atoms with E-state index in [0.29, 0.717) is 12.4 Å². The maximum atomic E-state index is 12.2. The topological polar surface area (TPSA) is 75.6 Å². The van der Waals surface area contributed by atoms with E-state index >= 15 is 0 Å². The summed E-state index contributed by atoms with van der Waals surface area (Å²) in [6, 6.07) is 25.4. The molecule has 0 bridgehead atoms. The molecule has 5 heteroatoms. The van der Waals surface area contributed by atoms with E-state index in [1.807, 2.05) is 84.9 Å². The smallest absolute Gasteiger partial charge is 0.326 e. The lowest BCUT2D eigenvalue weighted by Gasteiger charge is -2.13. The second kappa shape index (κ2) is 10.6. The number of carboxylic acid groups (broad SMARTS) is 1. The van der Waals surface area contributed by atoms with Gasteiger partial charge in [-0.3, -0.25) is 4.79 Å². The minimum atomic E-state index is -1.07. The van der Waals surface area contributed by atoms with Crippen LogP contribution >= 0.6 is 0 Å². The molecule has 2 N–H and O–H groups in total. The lowest BCUT2D eigenvalue weighted by molar-refractivity contribution is -0.141. The molecule has 0 fully saturated rings. The van der Waals surface area contributed by atoms with Gasteiger partial charge < -0.3 is 15.2 Å². The van der Waals surface area contributed by atoms with Gasteiger partial charge in [-0.1, -0.05) is 72.8 Å². The van der Waals surface area contributed by atoms with Gasteiger partial charge >= 0.3 is 5.97 Å². The summed E-state index contributed by atoms with van der Waals surface area (Å²) in [5.41, 5.74) is 2.69. The SMILES string of the molecule is O=C(/C=C/c1cccc(OCc2ccccc2)c1)NC(Cc1ccccc1)C(=O)O. The predicted molar refractivity (Wildman–Crippen MR) is 116 cm³/mol. The van der Waals surface area contributed by atoms with Crippen molar-refractivity contribution in [2.75, 3.05) is 0 Å². The molecule has 5 nitrogen and oxygen atoms in total. The molecule has 3 aromatic carbocycles. The molecule has 3 aromatic rings. The summed E-state index contributed by atoms with van der Waals surface area (Å²) in [6.07, 6.45) is 3.18. The Labute approximate surface area is 175 Å². The Morgan fingerprint density at radius 2 is 1.57 bits per heavy atom. The summed E-state index contributed by atoms with van der Waals surface area (Å²) in [5.74, 6) is -0.847. The van der Waals surface area contributed by atoms with Gasteiger partial charge in [0.2, 0.25) is 5.91 Å². The third-order valence-electron chi connectivity index (χ3n) is 4.43. The van der Waals surface area contributed by atoms with Crippen LogP contribution in [0, 0.1) is 0 Å². The number of aliphatic carboxylic acids is 1. The zero-order chi connectivity index (χ0) is 21.2. The van der Waals surface area contributed by atoms with Gasteiger partial charge in [-0.2, -0.15) is 0 Å². The van der Waals surface area contributed by atoms with Gasteiger partial charge in [0.1, 0.15) is 18.4 Å². The Kier molecular flexibility index (Phi) is 7.39. The predicted octanol–water partition coefficient (Wildman–Crippen LogP) is 4.09. The van der Waals surface area contributed by atoms with E-state index in [9.17, 15) is 14.7 Å². The summed E-state index contributed by atoms with van der Waals surface area (Å²) in [4.78, 5) is 23.7. The second-order valence-corrected chi connectivity index (χ2v) is 6.77. The number of benzene rings is 3. The van der Waals surface area contributed by atoms with E-state index in [2.05, 4.69) is 5.32 Å². The van der Waals surface area contributed by atoms with Crippen LogP contribution in [0.5, 0.6) is 5.75 Å². The van der Waals surface area contributed by atoms with Crippen LogP contribution < -0.4 is 10.1 Å². The Hall–Kier alpha value is -3.86. The van der Waals surface area contributed by atoms with Crippen LogP contribution in [0.2, 0.25) is 0 Å². The molecule has 0 heterocycles. The third kappa shape index (κ3) is 6.63. The van der Waals surface area contributed by atoms with Crippen molar-refractivity contribution in [3.05, 3.63) is 108 Å². The number of hydrogen-bond acceptors (Lipinski definition) is 3. The quantitative estimate of drug-likeness (QED) is 0.530. The van der Waals surface area contributed by atoms with Crippen molar-refractivity contribution < 1.29 is 19.4 Å². The number of hydrogen-bond donors (Lipinski definition) is 2. The van der Waals surface area contributed by atoms with Gasteiger partial charge in [0.15, 0.2) is 0 Å².